The lowest BCUT2D eigenvalue weighted by molar-refractivity contribution is 0.0938. The van der Waals surface area contributed by atoms with Gasteiger partial charge in [0, 0.05) is 0 Å². The zero-order valence-electron chi connectivity index (χ0n) is 16.4. The molecule has 0 radical (unpaired) electrons. The molecule has 150 valence electrons. The minimum Gasteiger partial charge on any atom is -0.446 e. The van der Waals surface area contributed by atoms with Crippen molar-refractivity contribution in [2.75, 3.05) is 0 Å². The van der Waals surface area contributed by atoms with Crippen molar-refractivity contribution in [2.24, 2.45) is 5.73 Å². The highest BCUT2D eigenvalue weighted by molar-refractivity contribution is 5.92. The number of oxazole rings is 1. The fourth-order valence-corrected chi connectivity index (χ4v) is 3.37. The summed E-state index contributed by atoms with van der Waals surface area (Å²) in [5.41, 5.74) is 9.51. The molecule has 3 N–H and O–H groups in total. The summed E-state index contributed by atoms with van der Waals surface area (Å²) in [6, 6.07) is 28.8. The molecule has 0 aliphatic rings. The number of amides is 1. The van der Waals surface area contributed by atoms with Crippen LogP contribution in [0.5, 0.6) is 0 Å². The highest BCUT2D eigenvalue weighted by Gasteiger charge is 2.21. The summed E-state index contributed by atoms with van der Waals surface area (Å²) in [4.78, 5) is 17.3. The molecule has 5 heteroatoms. The van der Waals surface area contributed by atoms with Crippen LogP contribution in [0.15, 0.2) is 102 Å². The zero-order valence-corrected chi connectivity index (χ0v) is 16.4. The Labute approximate surface area is 175 Å². The normalized spacial score (nSPS) is 11.9. The van der Waals surface area contributed by atoms with Gasteiger partial charge in [-0.15, -0.1) is 0 Å². The maximum Gasteiger partial charge on any atom is 0.273 e. The molecule has 1 heterocycles. The van der Waals surface area contributed by atoms with Gasteiger partial charge in [0.05, 0.1) is 12.1 Å². The fraction of sp³-hybridized carbons (Fsp3) is 0.120. The first-order chi connectivity index (χ1) is 14.7. The number of aromatic nitrogens is 1. The van der Waals surface area contributed by atoms with E-state index in [1.807, 2.05) is 91.0 Å². The second-order valence-electron chi connectivity index (χ2n) is 7.10. The summed E-state index contributed by atoms with van der Waals surface area (Å²) in [6.07, 6.45) is 1.95. The van der Waals surface area contributed by atoms with E-state index >= 15 is 0 Å². The third kappa shape index (κ3) is 4.64. The third-order valence-corrected chi connectivity index (χ3v) is 4.91. The topological polar surface area (TPSA) is 81.1 Å². The number of nitrogens with zero attached hydrogens (tertiary/aromatic N) is 1. The molecule has 1 aromatic heterocycles. The number of carbonyl (C=O) groups is 1. The smallest absolute Gasteiger partial charge is 0.273 e. The quantitative estimate of drug-likeness (QED) is 0.483. The summed E-state index contributed by atoms with van der Waals surface area (Å²) in [7, 11) is 0. The lowest BCUT2D eigenvalue weighted by atomic mass is 9.98. The molecule has 0 aliphatic heterocycles. The molecule has 1 unspecified atom stereocenters. The Morgan fingerprint density at radius 3 is 1.97 bits per heavy atom. The fourth-order valence-electron chi connectivity index (χ4n) is 3.37. The molecule has 5 nitrogen and oxygen atoms in total. The molecule has 1 amide bonds. The van der Waals surface area contributed by atoms with E-state index < -0.39 is 6.04 Å². The highest BCUT2D eigenvalue weighted by atomic mass is 16.3. The van der Waals surface area contributed by atoms with Gasteiger partial charge in [-0.25, -0.2) is 4.98 Å². The molecule has 0 saturated carbocycles. The maximum atomic E-state index is 12.9. The molecular weight excluding hydrogens is 374 g/mol. The van der Waals surface area contributed by atoms with E-state index in [1.165, 1.54) is 6.26 Å². The SMILES string of the molecule is NC(Cc1ccccc1)c1nc(C(=O)NC(c2ccccc2)c2ccccc2)co1. The number of nitrogens with one attached hydrogen (secondary N) is 1. The van der Waals surface area contributed by atoms with Crippen molar-refractivity contribution < 1.29 is 9.21 Å². The summed E-state index contributed by atoms with van der Waals surface area (Å²) in [5.74, 6) is 0.0367. The van der Waals surface area contributed by atoms with Crippen LogP contribution >= 0.6 is 0 Å². The van der Waals surface area contributed by atoms with E-state index in [4.69, 9.17) is 10.2 Å². The Kier molecular flexibility index (Phi) is 6.01. The standard InChI is InChI=1S/C25H23N3O2/c26-21(16-18-10-4-1-5-11-18)25-27-22(17-30-25)24(29)28-23(19-12-6-2-7-13-19)20-14-8-3-9-15-20/h1-15,17,21,23H,16,26H2,(H,28,29). The molecule has 30 heavy (non-hydrogen) atoms. The van der Waals surface area contributed by atoms with E-state index in [9.17, 15) is 4.79 Å². The van der Waals surface area contributed by atoms with E-state index in [0.29, 0.717) is 12.3 Å². The number of hydrogen-bond acceptors (Lipinski definition) is 4. The Morgan fingerprint density at radius 1 is 0.867 bits per heavy atom. The number of carbonyl (C=O) groups excluding carboxylic acids is 1. The minimum absolute atomic E-state index is 0.213. The molecule has 0 bridgehead atoms. The molecule has 0 aliphatic carbocycles. The van der Waals surface area contributed by atoms with Crippen molar-refractivity contribution in [3.63, 3.8) is 0 Å². The molecule has 3 aromatic carbocycles. The maximum absolute atomic E-state index is 12.9. The summed E-state index contributed by atoms with van der Waals surface area (Å²) >= 11 is 0. The Balaban J connectivity index is 1.51. The summed E-state index contributed by atoms with van der Waals surface area (Å²) in [6.45, 7) is 0. The van der Waals surface area contributed by atoms with Gasteiger partial charge in [0.2, 0.25) is 5.89 Å². The first kappa shape index (κ1) is 19.6. The number of nitrogens with two attached hydrogens (primary N) is 1. The number of rotatable bonds is 7. The monoisotopic (exact) mass is 397 g/mol. The Morgan fingerprint density at radius 2 is 1.40 bits per heavy atom. The van der Waals surface area contributed by atoms with Crippen LogP contribution in [0.25, 0.3) is 0 Å². The van der Waals surface area contributed by atoms with E-state index in [2.05, 4.69) is 10.3 Å². The summed E-state index contributed by atoms with van der Waals surface area (Å²) < 4.78 is 5.52. The number of hydrogen-bond donors (Lipinski definition) is 2. The third-order valence-electron chi connectivity index (χ3n) is 4.91. The van der Waals surface area contributed by atoms with Crippen LogP contribution in [0.1, 0.15) is 45.2 Å². The van der Waals surface area contributed by atoms with Crippen molar-refractivity contribution in [3.05, 3.63) is 126 Å². The second-order valence-corrected chi connectivity index (χ2v) is 7.10. The van der Waals surface area contributed by atoms with Gasteiger partial charge in [0.1, 0.15) is 6.26 Å². The van der Waals surface area contributed by atoms with Gasteiger partial charge >= 0.3 is 0 Å². The lowest BCUT2D eigenvalue weighted by Crippen LogP contribution is -2.29. The lowest BCUT2D eigenvalue weighted by Gasteiger charge is -2.19. The van der Waals surface area contributed by atoms with Crippen molar-refractivity contribution >= 4 is 5.91 Å². The molecular formula is C25H23N3O2. The van der Waals surface area contributed by atoms with Gasteiger partial charge in [-0.2, -0.15) is 0 Å². The zero-order chi connectivity index (χ0) is 20.8. The predicted octanol–water partition coefficient (Wildman–Crippen LogP) is 4.44. The molecule has 4 rings (SSSR count). The second kappa shape index (κ2) is 9.20. The van der Waals surface area contributed by atoms with Crippen LogP contribution in [0, 0.1) is 0 Å². The Bertz CT molecular complexity index is 1040. The number of benzene rings is 3. The van der Waals surface area contributed by atoms with Crippen molar-refractivity contribution in [1.82, 2.24) is 10.3 Å². The van der Waals surface area contributed by atoms with Gasteiger partial charge in [-0.05, 0) is 23.1 Å². The Hall–Kier alpha value is -3.70. The molecule has 0 fully saturated rings. The molecule has 1 atom stereocenters. The van der Waals surface area contributed by atoms with Crippen LogP contribution in [0.4, 0.5) is 0 Å². The van der Waals surface area contributed by atoms with E-state index in [0.717, 1.165) is 16.7 Å². The van der Waals surface area contributed by atoms with Gasteiger partial charge in [0.15, 0.2) is 5.69 Å². The average Bonchev–Trinajstić information content (AvgIpc) is 3.30. The van der Waals surface area contributed by atoms with Crippen molar-refractivity contribution in [3.8, 4) is 0 Å². The highest BCUT2D eigenvalue weighted by Crippen LogP contribution is 2.23. The molecule has 0 spiro atoms. The first-order valence-corrected chi connectivity index (χ1v) is 9.86. The van der Waals surface area contributed by atoms with Gasteiger partial charge in [0.25, 0.3) is 5.91 Å². The van der Waals surface area contributed by atoms with Crippen LogP contribution in [0.3, 0.4) is 0 Å². The largest absolute Gasteiger partial charge is 0.446 e. The molecule has 0 saturated heterocycles. The van der Waals surface area contributed by atoms with Crippen LogP contribution < -0.4 is 11.1 Å². The summed E-state index contributed by atoms with van der Waals surface area (Å²) in [5, 5.41) is 3.07. The molecule has 4 aromatic rings. The minimum atomic E-state index is -0.423. The van der Waals surface area contributed by atoms with Crippen LogP contribution in [0.2, 0.25) is 0 Å². The predicted molar refractivity (Wildman–Crippen MR) is 116 cm³/mol. The van der Waals surface area contributed by atoms with Crippen molar-refractivity contribution in [1.29, 1.82) is 0 Å². The average molecular weight is 397 g/mol. The first-order valence-electron chi connectivity index (χ1n) is 9.86. The van der Waals surface area contributed by atoms with E-state index in [1.54, 1.807) is 0 Å². The van der Waals surface area contributed by atoms with Crippen LogP contribution in [-0.2, 0) is 6.42 Å². The van der Waals surface area contributed by atoms with E-state index in [-0.39, 0.29) is 17.6 Å². The van der Waals surface area contributed by atoms with Gasteiger partial charge in [-0.3, -0.25) is 4.79 Å². The van der Waals surface area contributed by atoms with Crippen LogP contribution in [-0.4, -0.2) is 10.9 Å². The van der Waals surface area contributed by atoms with Crippen molar-refractivity contribution in [2.45, 2.75) is 18.5 Å². The van der Waals surface area contributed by atoms with Gasteiger partial charge in [-0.1, -0.05) is 91.0 Å². The van der Waals surface area contributed by atoms with Gasteiger partial charge < -0.3 is 15.5 Å².